The number of aryl methyl sites for hydroxylation is 1. The van der Waals surface area contributed by atoms with Crippen LogP contribution in [0.4, 0.5) is 0 Å². The molecule has 2 amide bonds. The van der Waals surface area contributed by atoms with Gasteiger partial charge in [0.15, 0.2) is 0 Å². The van der Waals surface area contributed by atoms with Crippen molar-refractivity contribution < 1.29 is 19.1 Å². The molecule has 0 radical (unpaired) electrons. The first kappa shape index (κ1) is 30.2. The van der Waals surface area contributed by atoms with Crippen LogP contribution in [0, 0.1) is 0 Å². The highest BCUT2D eigenvalue weighted by atomic mass is 16.5. The summed E-state index contributed by atoms with van der Waals surface area (Å²) >= 11 is 0. The molecule has 1 aromatic heterocycles. The zero-order valence-electron chi connectivity index (χ0n) is 24.9. The van der Waals surface area contributed by atoms with Crippen LogP contribution < -0.4 is 4.74 Å². The van der Waals surface area contributed by atoms with Gasteiger partial charge < -0.3 is 19.3 Å². The van der Waals surface area contributed by atoms with E-state index in [-0.39, 0.29) is 24.5 Å². The number of aromatic nitrogens is 3. The second kappa shape index (κ2) is 15.3. The predicted octanol–water partition coefficient (Wildman–Crippen LogP) is 5.00. The summed E-state index contributed by atoms with van der Waals surface area (Å²) in [5.41, 5.74) is 3.40. The van der Waals surface area contributed by atoms with Gasteiger partial charge in [0.1, 0.15) is 17.9 Å². The van der Waals surface area contributed by atoms with Crippen LogP contribution in [0.5, 0.6) is 5.75 Å². The number of rotatable bonds is 8. The molecule has 1 atom stereocenters. The minimum atomic E-state index is -0.210. The fourth-order valence-electron chi connectivity index (χ4n) is 5.66. The van der Waals surface area contributed by atoms with Crippen molar-refractivity contribution in [3.63, 3.8) is 0 Å². The molecular formula is C34H41N5O4. The van der Waals surface area contributed by atoms with Gasteiger partial charge in [-0.2, -0.15) is 0 Å². The van der Waals surface area contributed by atoms with E-state index in [4.69, 9.17) is 9.47 Å². The average molecular weight is 584 g/mol. The minimum absolute atomic E-state index is 0.0580. The quantitative estimate of drug-likeness (QED) is 0.290. The van der Waals surface area contributed by atoms with E-state index in [0.29, 0.717) is 56.9 Å². The molecule has 0 unspecified atom stereocenters. The zero-order chi connectivity index (χ0) is 29.9. The lowest BCUT2D eigenvalue weighted by molar-refractivity contribution is -0.134. The van der Waals surface area contributed by atoms with Crippen molar-refractivity contribution in [2.24, 2.45) is 0 Å². The van der Waals surface area contributed by atoms with Crippen molar-refractivity contribution in [3.8, 4) is 5.75 Å². The molecule has 0 bridgehead atoms. The summed E-state index contributed by atoms with van der Waals surface area (Å²) in [7, 11) is 1.65. The molecule has 9 heteroatoms. The predicted molar refractivity (Wildman–Crippen MR) is 166 cm³/mol. The molecule has 2 heterocycles. The van der Waals surface area contributed by atoms with Crippen molar-refractivity contribution in [2.45, 2.75) is 51.1 Å². The van der Waals surface area contributed by atoms with Gasteiger partial charge in [0.2, 0.25) is 5.91 Å². The van der Waals surface area contributed by atoms with E-state index in [1.54, 1.807) is 11.8 Å². The first-order valence-electron chi connectivity index (χ1n) is 15.3. The van der Waals surface area contributed by atoms with E-state index in [0.717, 1.165) is 42.3 Å². The number of hydrogen-bond donors (Lipinski definition) is 0. The summed E-state index contributed by atoms with van der Waals surface area (Å²) in [6.07, 6.45) is 4.67. The van der Waals surface area contributed by atoms with E-state index in [1.165, 1.54) is 0 Å². The lowest BCUT2D eigenvalue weighted by atomic mass is 10.0. The molecule has 9 nitrogen and oxygen atoms in total. The number of para-hydroxylation sites is 2. The molecule has 0 aliphatic carbocycles. The van der Waals surface area contributed by atoms with E-state index in [9.17, 15) is 9.59 Å². The zero-order valence-corrected chi connectivity index (χ0v) is 24.9. The molecule has 0 saturated heterocycles. The fourth-order valence-corrected chi connectivity index (χ4v) is 5.66. The van der Waals surface area contributed by atoms with Crippen LogP contribution in [0.15, 0.2) is 78.9 Å². The lowest BCUT2D eigenvalue weighted by Crippen LogP contribution is -2.46. The van der Waals surface area contributed by atoms with E-state index < -0.39 is 0 Å². The molecule has 3 aromatic carbocycles. The molecule has 0 saturated carbocycles. The topological polar surface area (TPSA) is 89.8 Å². The Bertz CT molecular complexity index is 1470. The first-order valence-corrected chi connectivity index (χ1v) is 15.3. The van der Waals surface area contributed by atoms with Gasteiger partial charge in [0, 0.05) is 33.2 Å². The van der Waals surface area contributed by atoms with Crippen LogP contribution in [0.25, 0.3) is 11.0 Å². The Hall–Kier alpha value is -4.24. The summed E-state index contributed by atoms with van der Waals surface area (Å²) in [6.45, 7) is 3.03. The highest BCUT2D eigenvalue weighted by Gasteiger charge is 2.27. The summed E-state index contributed by atoms with van der Waals surface area (Å²) in [5, 5.41) is 8.53. The summed E-state index contributed by atoms with van der Waals surface area (Å²) in [5.74, 6) is 0.537. The Morgan fingerprint density at radius 3 is 2.49 bits per heavy atom. The summed E-state index contributed by atoms with van der Waals surface area (Å²) in [6, 6.07) is 25.2. The van der Waals surface area contributed by atoms with Gasteiger partial charge in [0.05, 0.1) is 30.3 Å². The highest BCUT2D eigenvalue weighted by Crippen LogP contribution is 2.23. The van der Waals surface area contributed by atoms with Gasteiger partial charge in [-0.05, 0) is 49.1 Å². The largest absolute Gasteiger partial charge is 0.491 e. The van der Waals surface area contributed by atoms with Crippen molar-refractivity contribution in [3.05, 3.63) is 90.0 Å². The van der Waals surface area contributed by atoms with Crippen LogP contribution >= 0.6 is 0 Å². The maximum Gasteiger partial charge on any atom is 0.257 e. The molecule has 0 spiro atoms. The Balaban J connectivity index is 1.40. The maximum absolute atomic E-state index is 13.9. The molecule has 226 valence electrons. The van der Waals surface area contributed by atoms with Crippen molar-refractivity contribution in [2.75, 3.05) is 40.0 Å². The summed E-state index contributed by atoms with van der Waals surface area (Å²) in [4.78, 5) is 31.5. The average Bonchev–Trinajstić information content (AvgIpc) is 3.46. The number of hydrogen-bond acceptors (Lipinski definition) is 6. The third-order valence-corrected chi connectivity index (χ3v) is 8.01. The number of benzene rings is 3. The molecule has 1 aliphatic rings. The fraction of sp³-hybridized carbons (Fsp3) is 0.412. The van der Waals surface area contributed by atoms with E-state index >= 15 is 0 Å². The maximum atomic E-state index is 13.9. The van der Waals surface area contributed by atoms with Gasteiger partial charge >= 0.3 is 0 Å². The third kappa shape index (κ3) is 7.99. The van der Waals surface area contributed by atoms with Crippen LogP contribution in [-0.4, -0.2) is 82.6 Å². The Labute approximate surface area is 253 Å². The number of fused-ring (bicyclic) bond motifs is 2. The van der Waals surface area contributed by atoms with Crippen LogP contribution in [0.3, 0.4) is 0 Å². The Kier molecular flexibility index (Phi) is 10.8. The summed E-state index contributed by atoms with van der Waals surface area (Å²) < 4.78 is 13.5. The standard InChI is InChI=1S/C34H41N5O4/c1-42-24-23-37-20-11-2-3-12-21-38(33(40)19-22-39-31-17-9-8-16-30(31)35-36-39)28(25-27-13-5-4-6-14-27)26-43-32-18-10-7-15-29(32)34(37)41/h4-10,13-18,28H,2-3,11-12,19-26H2,1H3/t28-/m0/s1. The smallest absolute Gasteiger partial charge is 0.257 e. The van der Waals surface area contributed by atoms with Gasteiger partial charge in [-0.15, -0.1) is 5.10 Å². The molecule has 1 aliphatic heterocycles. The number of amides is 2. The van der Waals surface area contributed by atoms with Crippen molar-refractivity contribution in [1.82, 2.24) is 24.8 Å². The molecule has 43 heavy (non-hydrogen) atoms. The SMILES string of the molecule is COCCN1CCCCCCN(C(=O)CCn2nnc3ccccc32)[C@@H](Cc2ccccc2)COc2ccccc2C1=O. The molecular weight excluding hydrogens is 542 g/mol. The highest BCUT2D eigenvalue weighted by molar-refractivity contribution is 5.97. The number of carbonyl (C=O) groups excluding carboxylic acids is 2. The van der Waals surface area contributed by atoms with Crippen LogP contribution in [0.2, 0.25) is 0 Å². The Morgan fingerprint density at radius 1 is 0.907 bits per heavy atom. The van der Waals surface area contributed by atoms with Crippen molar-refractivity contribution in [1.29, 1.82) is 0 Å². The molecule has 5 rings (SSSR count). The number of carbonyl (C=O) groups is 2. The van der Waals surface area contributed by atoms with E-state index in [2.05, 4.69) is 22.4 Å². The monoisotopic (exact) mass is 583 g/mol. The number of nitrogens with zero attached hydrogens (tertiary/aromatic N) is 5. The van der Waals surface area contributed by atoms with Crippen LogP contribution in [0.1, 0.15) is 48.0 Å². The van der Waals surface area contributed by atoms with E-state index in [1.807, 2.05) is 76.5 Å². The number of methoxy groups -OCH3 is 1. The van der Waals surface area contributed by atoms with Gasteiger partial charge in [-0.25, -0.2) is 4.68 Å². The molecule has 0 N–H and O–H groups in total. The third-order valence-electron chi connectivity index (χ3n) is 8.01. The normalized spacial score (nSPS) is 16.9. The van der Waals surface area contributed by atoms with Gasteiger partial charge in [-0.3, -0.25) is 9.59 Å². The van der Waals surface area contributed by atoms with Crippen LogP contribution in [-0.2, 0) is 22.5 Å². The minimum Gasteiger partial charge on any atom is -0.491 e. The van der Waals surface area contributed by atoms with Crippen molar-refractivity contribution >= 4 is 22.8 Å². The second-order valence-electron chi connectivity index (χ2n) is 11.0. The molecule has 0 fully saturated rings. The second-order valence-corrected chi connectivity index (χ2v) is 11.0. The molecule has 4 aromatic rings. The van der Waals surface area contributed by atoms with Gasteiger partial charge in [0.25, 0.3) is 5.91 Å². The van der Waals surface area contributed by atoms with Gasteiger partial charge in [-0.1, -0.05) is 72.7 Å². The Morgan fingerprint density at radius 2 is 1.65 bits per heavy atom. The lowest BCUT2D eigenvalue weighted by Gasteiger charge is -2.33. The number of ether oxygens (including phenoxy) is 2. The first-order chi connectivity index (χ1) is 21.1.